The predicted molar refractivity (Wildman–Crippen MR) is 98.3 cm³/mol. The number of rotatable bonds is 5. The molecule has 0 radical (unpaired) electrons. The van der Waals surface area contributed by atoms with Crippen LogP contribution in [-0.2, 0) is 11.0 Å². The summed E-state index contributed by atoms with van der Waals surface area (Å²) in [5.74, 6) is -1.86. The second-order valence-corrected chi connectivity index (χ2v) is 6.97. The monoisotopic (exact) mass is 427 g/mol. The van der Waals surface area contributed by atoms with Crippen molar-refractivity contribution in [3.8, 4) is 5.69 Å². The van der Waals surface area contributed by atoms with Gasteiger partial charge in [-0.25, -0.2) is 9.07 Å². The third kappa shape index (κ3) is 5.14. The zero-order valence-electron chi connectivity index (χ0n) is 16.1. The predicted octanol–water partition coefficient (Wildman–Crippen LogP) is 2.95. The Labute approximate surface area is 170 Å². The van der Waals surface area contributed by atoms with Crippen molar-refractivity contribution in [1.82, 2.24) is 25.2 Å². The highest BCUT2D eigenvalue weighted by Gasteiger charge is 2.42. The molecule has 2 heterocycles. The summed E-state index contributed by atoms with van der Waals surface area (Å²) in [6, 6.07) is 4.15. The Morgan fingerprint density at radius 3 is 2.27 bits per heavy atom. The minimum absolute atomic E-state index is 0.0147. The number of halogens is 4. The minimum Gasteiger partial charge on any atom is -0.350 e. The van der Waals surface area contributed by atoms with E-state index in [-0.39, 0.29) is 24.6 Å². The van der Waals surface area contributed by atoms with Gasteiger partial charge in [0.2, 0.25) is 5.91 Å². The quantitative estimate of drug-likeness (QED) is 0.745. The van der Waals surface area contributed by atoms with E-state index in [4.69, 9.17) is 0 Å². The standard InChI is InChI=1S/C19H21F4N5O2/c20-13-5-7-14(8-6-13)28-17(19(21,22)23)16(25-26-28)18(30)24-10-9-15(29)27-11-3-1-2-4-12-27/h5-8H,1-4,9-12H2,(H,24,30). The Morgan fingerprint density at radius 2 is 1.67 bits per heavy atom. The number of nitrogens with one attached hydrogen (secondary N) is 1. The number of carbonyl (C=O) groups is 2. The Morgan fingerprint density at radius 1 is 1.03 bits per heavy atom. The number of aromatic nitrogens is 3. The van der Waals surface area contributed by atoms with E-state index in [0.717, 1.165) is 49.9 Å². The van der Waals surface area contributed by atoms with Crippen molar-refractivity contribution in [2.24, 2.45) is 0 Å². The number of hydrogen-bond donors (Lipinski definition) is 1. The lowest BCUT2D eigenvalue weighted by Crippen LogP contribution is -2.35. The van der Waals surface area contributed by atoms with Crippen LogP contribution in [0.3, 0.4) is 0 Å². The van der Waals surface area contributed by atoms with Crippen molar-refractivity contribution in [3.05, 3.63) is 41.5 Å². The molecule has 1 aliphatic heterocycles. The van der Waals surface area contributed by atoms with Crippen molar-refractivity contribution in [2.45, 2.75) is 38.3 Å². The van der Waals surface area contributed by atoms with E-state index in [1.807, 2.05) is 0 Å². The van der Waals surface area contributed by atoms with Crippen LogP contribution in [-0.4, -0.2) is 51.3 Å². The minimum atomic E-state index is -4.92. The summed E-state index contributed by atoms with van der Waals surface area (Å²) in [5, 5.41) is 9.10. The molecule has 0 bridgehead atoms. The summed E-state index contributed by atoms with van der Waals surface area (Å²) in [6.07, 6.45) is -0.987. The third-order valence-corrected chi connectivity index (χ3v) is 4.81. The van der Waals surface area contributed by atoms with Crippen LogP contribution in [0.1, 0.15) is 48.3 Å². The fraction of sp³-hybridized carbons (Fsp3) is 0.474. The molecule has 0 aliphatic carbocycles. The Bertz CT molecular complexity index is 887. The van der Waals surface area contributed by atoms with E-state index in [1.165, 1.54) is 0 Å². The van der Waals surface area contributed by atoms with Crippen LogP contribution in [0.4, 0.5) is 17.6 Å². The fourth-order valence-electron chi connectivity index (χ4n) is 3.30. The van der Waals surface area contributed by atoms with Crippen LogP contribution >= 0.6 is 0 Å². The highest BCUT2D eigenvalue weighted by atomic mass is 19.4. The average molecular weight is 427 g/mol. The number of hydrogen-bond acceptors (Lipinski definition) is 4. The van der Waals surface area contributed by atoms with Crippen molar-refractivity contribution >= 4 is 11.8 Å². The first-order chi connectivity index (χ1) is 14.3. The van der Waals surface area contributed by atoms with Crippen molar-refractivity contribution in [2.75, 3.05) is 19.6 Å². The Hall–Kier alpha value is -2.98. The summed E-state index contributed by atoms with van der Waals surface area (Å²) in [4.78, 5) is 26.3. The molecule has 2 aromatic rings. The van der Waals surface area contributed by atoms with E-state index in [2.05, 4.69) is 15.6 Å². The maximum Gasteiger partial charge on any atom is 0.435 e. The summed E-state index contributed by atoms with van der Waals surface area (Å²) in [6.45, 7) is 1.18. The van der Waals surface area contributed by atoms with Crippen LogP contribution in [0.2, 0.25) is 0 Å². The number of likely N-dealkylation sites (tertiary alicyclic amines) is 1. The highest BCUT2D eigenvalue weighted by molar-refractivity contribution is 5.93. The molecule has 0 saturated carbocycles. The first-order valence-corrected chi connectivity index (χ1v) is 9.62. The SMILES string of the molecule is O=C(NCCC(=O)N1CCCCCC1)c1nnn(-c2ccc(F)cc2)c1C(F)(F)F. The van der Waals surface area contributed by atoms with Gasteiger partial charge in [-0.15, -0.1) is 5.10 Å². The maximum absolute atomic E-state index is 13.6. The van der Waals surface area contributed by atoms with Gasteiger partial charge in [0.15, 0.2) is 11.4 Å². The van der Waals surface area contributed by atoms with Crippen molar-refractivity contribution in [3.63, 3.8) is 0 Å². The summed E-state index contributed by atoms with van der Waals surface area (Å²) in [7, 11) is 0. The first-order valence-electron chi connectivity index (χ1n) is 9.62. The molecule has 2 amide bonds. The molecule has 1 fully saturated rings. The molecule has 1 N–H and O–H groups in total. The van der Waals surface area contributed by atoms with Gasteiger partial charge in [0.1, 0.15) is 5.82 Å². The zero-order valence-corrected chi connectivity index (χ0v) is 16.1. The Balaban J connectivity index is 1.69. The summed E-state index contributed by atoms with van der Waals surface area (Å²) >= 11 is 0. The molecule has 7 nitrogen and oxygen atoms in total. The molecule has 0 atom stereocenters. The molecule has 1 saturated heterocycles. The largest absolute Gasteiger partial charge is 0.435 e. The number of alkyl halides is 3. The van der Waals surface area contributed by atoms with Crippen LogP contribution in [0.15, 0.2) is 24.3 Å². The lowest BCUT2D eigenvalue weighted by atomic mass is 10.2. The number of amides is 2. The van der Waals surface area contributed by atoms with Gasteiger partial charge in [-0.3, -0.25) is 9.59 Å². The second kappa shape index (κ2) is 9.23. The molecule has 30 heavy (non-hydrogen) atoms. The molecule has 1 aromatic carbocycles. The van der Waals surface area contributed by atoms with E-state index in [0.29, 0.717) is 17.8 Å². The van der Waals surface area contributed by atoms with E-state index in [1.54, 1.807) is 4.90 Å². The first kappa shape index (κ1) is 21.7. The van der Waals surface area contributed by atoms with Gasteiger partial charge >= 0.3 is 6.18 Å². The highest BCUT2D eigenvalue weighted by Crippen LogP contribution is 2.32. The van der Waals surface area contributed by atoms with Crippen LogP contribution in [0.5, 0.6) is 0 Å². The van der Waals surface area contributed by atoms with Crippen LogP contribution in [0, 0.1) is 5.82 Å². The van der Waals surface area contributed by atoms with Gasteiger partial charge in [-0.1, -0.05) is 18.1 Å². The van der Waals surface area contributed by atoms with Crippen molar-refractivity contribution < 1.29 is 27.2 Å². The molecular weight excluding hydrogens is 406 g/mol. The lowest BCUT2D eigenvalue weighted by Gasteiger charge is -2.20. The molecule has 0 unspecified atom stereocenters. The van der Waals surface area contributed by atoms with Crippen molar-refractivity contribution in [1.29, 1.82) is 0 Å². The summed E-state index contributed by atoms with van der Waals surface area (Å²) < 4.78 is 54.3. The maximum atomic E-state index is 13.6. The number of benzene rings is 1. The topological polar surface area (TPSA) is 80.1 Å². The van der Waals surface area contributed by atoms with Gasteiger partial charge in [-0.2, -0.15) is 13.2 Å². The normalized spacial score (nSPS) is 15.0. The van der Waals surface area contributed by atoms with E-state index < -0.39 is 29.3 Å². The lowest BCUT2D eigenvalue weighted by molar-refractivity contribution is -0.143. The van der Waals surface area contributed by atoms with E-state index >= 15 is 0 Å². The van der Waals surface area contributed by atoms with Gasteiger partial charge in [0, 0.05) is 26.1 Å². The van der Waals surface area contributed by atoms with Gasteiger partial charge in [0.05, 0.1) is 5.69 Å². The molecular formula is C19H21F4N5O2. The smallest absolute Gasteiger partial charge is 0.350 e. The van der Waals surface area contributed by atoms with Gasteiger partial charge in [0.25, 0.3) is 5.91 Å². The molecule has 162 valence electrons. The summed E-state index contributed by atoms with van der Waals surface area (Å²) in [5.41, 5.74) is -2.37. The van der Waals surface area contributed by atoms with Gasteiger partial charge in [-0.05, 0) is 37.1 Å². The zero-order chi connectivity index (χ0) is 21.7. The molecule has 0 spiro atoms. The molecule has 3 rings (SSSR count). The van der Waals surface area contributed by atoms with Crippen LogP contribution < -0.4 is 5.32 Å². The number of nitrogens with zero attached hydrogens (tertiary/aromatic N) is 4. The second-order valence-electron chi connectivity index (χ2n) is 6.97. The fourth-order valence-corrected chi connectivity index (χ4v) is 3.30. The van der Waals surface area contributed by atoms with Crippen LogP contribution in [0.25, 0.3) is 5.69 Å². The molecule has 11 heteroatoms. The van der Waals surface area contributed by atoms with E-state index in [9.17, 15) is 27.2 Å². The third-order valence-electron chi connectivity index (χ3n) is 4.81. The molecule has 1 aliphatic rings. The number of carbonyl (C=O) groups excluding carboxylic acids is 2. The van der Waals surface area contributed by atoms with Gasteiger partial charge < -0.3 is 10.2 Å². The molecule has 1 aromatic heterocycles. The average Bonchev–Trinajstić information content (AvgIpc) is 2.97. The Kier molecular flexibility index (Phi) is 6.68.